The summed E-state index contributed by atoms with van der Waals surface area (Å²) in [6.07, 6.45) is 7.66. The lowest BCUT2D eigenvalue weighted by molar-refractivity contribution is -0.127. The quantitative estimate of drug-likeness (QED) is 0.828. The van der Waals surface area contributed by atoms with Gasteiger partial charge >= 0.3 is 0 Å². The van der Waals surface area contributed by atoms with E-state index in [9.17, 15) is 4.79 Å². The second-order valence-corrected chi connectivity index (χ2v) is 6.82. The number of amides is 1. The minimum atomic E-state index is 0.156. The third-order valence-corrected chi connectivity index (χ3v) is 5.36. The van der Waals surface area contributed by atoms with Gasteiger partial charge in [0.1, 0.15) is 0 Å². The Morgan fingerprint density at radius 2 is 1.96 bits per heavy atom. The van der Waals surface area contributed by atoms with E-state index in [1.54, 1.807) is 0 Å². The molecule has 1 aromatic carbocycles. The van der Waals surface area contributed by atoms with Crippen LogP contribution in [0.15, 0.2) is 41.6 Å². The zero-order valence-electron chi connectivity index (χ0n) is 14.0. The second kappa shape index (κ2) is 5.55. The standard InChI is InChI=1S/C20H24N2O/c1-3-12-22-19(15-9-4-5-10-16(15)20(22)23)17-13-21(2)18-11-7-6-8-14(17)18/h6-8,11,13,19H,3-5,9-10,12H2,1-2H3. The highest BCUT2D eigenvalue weighted by Gasteiger charge is 2.40. The molecule has 1 unspecified atom stereocenters. The summed E-state index contributed by atoms with van der Waals surface area (Å²) in [6.45, 7) is 3.00. The van der Waals surface area contributed by atoms with Gasteiger partial charge in [-0.1, -0.05) is 25.1 Å². The topological polar surface area (TPSA) is 25.2 Å². The van der Waals surface area contributed by atoms with Crippen LogP contribution in [-0.4, -0.2) is 21.9 Å². The second-order valence-electron chi connectivity index (χ2n) is 6.82. The monoisotopic (exact) mass is 308 g/mol. The first-order valence-corrected chi connectivity index (χ1v) is 8.79. The van der Waals surface area contributed by atoms with Gasteiger partial charge in [-0.05, 0) is 43.7 Å². The first-order chi connectivity index (χ1) is 11.2. The minimum Gasteiger partial charge on any atom is -0.350 e. The molecular weight excluding hydrogens is 284 g/mol. The van der Waals surface area contributed by atoms with E-state index < -0.39 is 0 Å². The normalized spacial score (nSPS) is 21.4. The summed E-state index contributed by atoms with van der Waals surface area (Å²) in [4.78, 5) is 15.0. The number of nitrogens with zero attached hydrogens (tertiary/aromatic N) is 2. The lowest BCUT2D eigenvalue weighted by Crippen LogP contribution is -2.30. The van der Waals surface area contributed by atoms with Crippen molar-refractivity contribution in [2.24, 2.45) is 7.05 Å². The predicted molar refractivity (Wildman–Crippen MR) is 93.2 cm³/mol. The van der Waals surface area contributed by atoms with Crippen LogP contribution in [0, 0.1) is 0 Å². The van der Waals surface area contributed by atoms with Crippen LogP contribution in [0.2, 0.25) is 0 Å². The van der Waals surface area contributed by atoms with Crippen molar-refractivity contribution in [3.63, 3.8) is 0 Å². The molecule has 3 heteroatoms. The van der Waals surface area contributed by atoms with Crippen LogP contribution in [-0.2, 0) is 11.8 Å². The number of hydrogen-bond donors (Lipinski definition) is 0. The Balaban J connectivity index is 1.89. The molecule has 2 aliphatic rings. The van der Waals surface area contributed by atoms with Gasteiger partial charge in [0, 0.05) is 41.8 Å². The van der Waals surface area contributed by atoms with Crippen LogP contribution >= 0.6 is 0 Å². The van der Waals surface area contributed by atoms with Crippen molar-refractivity contribution in [1.29, 1.82) is 0 Å². The Kier molecular flexibility index (Phi) is 3.51. The van der Waals surface area contributed by atoms with Gasteiger partial charge in [-0.3, -0.25) is 4.79 Å². The molecule has 0 fully saturated rings. The van der Waals surface area contributed by atoms with Crippen molar-refractivity contribution in [3.8, 4) is 0 Å². The number of carbonyl (C=O) groups excluding carboxylic acids is 1. The lowest BCUT2D eigenvalue weighted by atomic mass is 9.87. The predicted octanol–water partition coefficient (Wildman–Crippen LogP) is 4.34. The third-order valence-electron chi connectivity index (χ3n) is 5.36. The fraction of sp³-hybridized carbons (Fsp3) is 0.450. The van der Waals surface area contributed by atoms with Crippen molar-refractivity contribution < 1.29 is 4.79 Å². The molecule has 0 N–H and O–H groups in total. The number of fused-ring (bicyclic) bond motifs is 1. The average Bonchev–Trinajstić information content (AvgIpc) is 3.05. The zero-order valence-corrected chi connectivity index (χ0v) is 14.0. The lowest BCUT2D eigenvalue weighted by Gasteiger charge is -2.27. The van der Waals surface area contributed by atoms with Gasteiger partial charge in [0.15, 0.2) is 0 Å². The molecule has 0 saturated heterocycles. The molecule has 1 aliphatic heterocycles. The maximum absolute atomic E-state index is 12.9. The SMILES string of the molecule is CCCN1C(=O)C2=C(CCCC2)C1c1cn(C)c2ccccc12. The van der Waals surface area contributed by atoms with Crippen LogP contribution < -0.4 is 0 Å². The van der Waals surface area contributed by atoms with Gasteiger partial charge in [-0.2, -0.15) is 0 Å². The molecule has 120 valence electrons. The maximum atomic E-state index is 12.9. The van der Waals surface area contributed by atoms with Crippen molar-refractivity contribution >= 4 is 16.8 Å². The fourth-order valence-electron chi connectivity index (χ4n) is 4.37. The summed E-state index contributed by atoms with van der Waals surface area (Å²) >= 11 is 0. The summed E-state index contributed by atoms with van der Waals surface area (Å²) in [6, 6.07) is 8.70. The van der Waals surface area contributed by atoms with Gasteiger partial charge in [0.25, 0.3) is 5.91 Å². The summed E-state index contributed by atoms with van der Waals surface area (Å²) in [7, 11) is 2.10. The van der Waals surface area contributed by atoms with Gasteiger partial charge in [-0.25, -0.2) is 0 Å². The van der Waals surface area contributed by atoms with E-state index in [1.807, 2.05) is 0 Å². The molecule has 1 atom stereocenters. The molecule has 1 aliphatic carbocycles. The molecule has 1 aromatic heterocycles. The molecule has 4 rings (SSSR count). The van der Waals surface area contributed by atoms with Gasteiger partial charge in [-0.15, -0.1) is 0 Å². The Morgan fingerprint density at radius 1 is 1.17 bits per heavy atom. The van der Waals surface area contributed by atoms with Crippen LogP contribution in [0.1, 0.15) is 50.6 Å². The molecule has 0 saturated carbocycles. The average molecular weight is 308 g/mol. The van der Waals surface area contributed by atoms with Crippen molar-refractivity contribution in [2.45, 2.75) is 45.1 Å². The van der Waals surface area contributed by atoms with Crippen LogP contribution in [0.25, 0.3) is 10.9 Å². The molecule has 2 heterocycles. The molecule has 3 nitrogen and oxygen atoms in total. The zero-order chi connectivity index (χ0) is 16.0. The maximum Gasteiger partial charge on any atom is 0.250 e. The number of carbonyl (C=O) groups is 1. The number of hydrogen-bond acceptors (Lipinski definition) is 1. The first-order valence-electron chi connectivity index (χ1n) is 8.79. The Labute approximate surface area is 137 Å². The van der Waals surface area contributed by atoms with E-state index in [0.29, 0.717) is 5.91 Å². The van der Waals surface area contributed by atoms with Crippen molar-refractivity contribution in [3.05, 3.63) is 47.2 Å². The van der Waals surface area contributed by atoms with Gasteiger partial charge < -0.3 is 9.47 Å². The molecule has 1 amide bonds. The van der Waals surface area contributed by atoms with Crippen LogP contribution in [0.5, 0.6) is 0 Å². The minimum absolute atomic E-state index is 0.156. The molecule has 0 bridgehead atoms. The number of aryl methyl sites for hydroxylation is 1. The van der Waals surface area contributed by atoms with E-state index in [2.05, 4.69) is 53.9 Å². The van der Waals surface area contributed by atoms with Crippen LogP contribution in [0.4, 0.5) is 0 Å². The Hall–Kier alpha value is -2.03. The van der Waals surface area contributed by atoms with E-state index in [-0.39, 0.29) is 6.04 Å². The Morgan fingerprint density at radius 3 is 2.78 bits per heavy atom. The number of rotatable bonds is 3. The molecule has 0 spiro atoms. The van der Waals surface area contributed by atoms with E-state index in [4.69, 9.17) is 0 Å². The van der Waals surface area contributed by atoms with E-state index >= 15 is 0 Å². The third kappa shape index (κ3) is 2.13. The van der Waals surface area contributed by atoms with Crippen molar-refractivity contribution in [2.75, 3.05) is 6.54 Å². The highest BCUT2D eigenvalue weighted by atomic mass is 16.2. The number of para-hydroxylation sites is 1. The number of benzene rings is 1. The first kappa shape index (κ1) is 14.6. The molecule has 2 aromatic rings. The van der Waals surface area contributed by atoms with Crippen LogP contribution in [0.3, 0.4) is 0 Å². The summed E-state index contributed by atoms with van der Waals surface area (Å²) in [5, 5.41) is 1.29. The molecule has 0 radical (unpaired) electrons. The van der Waals surface area contributed by atoms with Gasteiger partial charge in [0.2, 0.25) is 0 Å². The smallest absolute Gasteiger partial charge is 0.250 e. The Bertz CT molecular complexity index is 799. The largest absolute Gasteiger partial charge is 0.350 e. The molecule has 23 heavy (non-hydrogen) atoms. The van der Waals surface area contributed by atoms with Crippen molar-refractivity contribution in [1.82, 2.24) is 9.47 Å². The summed E-state index contributed by atoms with van der Waals surface area (Å²) < 4.78 is 2.20. The fourth-order valence-corrected chi connectivity index (χ4v) is 4.37. The highest BCUT2D eigenvalue weighted by Crippen LogP contribution is 2.46. The summed E-state index contributed by atoms with van der Waals surface area (Å²) in [5.74, 6) is 0.291. The molecular formula is C20H24N2O. The summed E-state index contributed by atoms with van der Waals surface area (Å²) in [5.41, 5.74) is 5.06. The van der Waals surface area contributed by atoms with Gasteiger partial charge in [0.05, 0.1) is 6.04 Å². The van der Waals surface area contributed by atoms with E-state index in [0.717, 1.165) is 37.8 Å². The number of aromatic nitrogens is 1. The highest BCUT2D eigenvalue weighted by molar-refractivity contribution is 5.99. The van der Waals surface area contributed by atoms with E-state index in [1.165, 1.54) is 28.5 Å².